The van der Waals surface area contributed by atoms with Gasteiger partial charge in [-0.25, -0.2) is 9.78 Å². The molecule has 2 aromatic heterocycles. The molecule has 9 N–H and O–H groups in total. The molecule has 4 unspecified atom stereocenters. The maximum Gasteiger partial charge on any atom is 0.327 e. The number of aliphatic carboxylic acids is 2. The van der Waals surface area contributed by atoms with Crippen LogP contribution in [0.2, 0.25) is 0 Å². The molecule has 3 rings (SSSR count). The number of nitrogens with zero attached hydrogens (tertiary/aromatic N) is 1. The molecule has 0 saturated heterocycles. The van der Waals surface area contributed by atoms with Crippen molar-refractivity contribution in [2.45, 2.75) is 43.4 Å². The summed E-state index contributed by atoms with van der Waals surface area (Å²) in [5, 5.41) is 26.6. The van der Waals surface area contributed by atoms with E-state index in [1.54, 1.807) is 18.3 Å². The molecule has 0 aliphatic rings. The first kappa shape index (κ1) is 29.2. The van der Waals surface area contributed by atoms with Crippen LogP contribution in [0.4, 0.5) is 0 Å². The van der Waals surface area contributed by atoms with E-state index < -0.39 is 60.2 Å². The molecule has 15 heteroatoms. The molecule has 14 nitrogen and oxygen atoms in total. The molecule has 0 spiro atoms. The summed E-state index contributed by atoms with van der Waals surface area (Å²) < 4.78 is 0. The minimum atomic E-state index is -1.57. The standard InChI is InChI=1S/C24H29N7O7S/c25-15(6-13-9-26-11-28-13)21(34)29-18(7-20(32)33)23(36)30-17(22(35)31-19(10-39)24(37)38)5-12-8-27-16-4-2-1-3-14(12)16/h1-4,8-9,11,15,17-19,27,39H,5-7,10,25H2,(H,26,28)(H,29,34)(H,30,36)(H,31,35)(H,32,33)(H,37,38). The third-order valence-corrected chi connectivity index (χ3v) is 6.24. The Balaban J connectivity index is 1.80. The number of carboxylic acid groups (broad SMARTS) is 2. The Hall–Kier alpha value is -4.37. The van der Waals surface area contributed by atoms with Crippen molar-refractivity contribution in [2.24, 2.45) is 5.73 Å². The van der Waals surface area contributed by atoms with E-state index >= 15 is 0 Å². The highest BCUT2D eigenvalue weighted by Gasteiger charge is 2.32. The first-order valence-corrected chi connectivity index (χ1v) is 12.5. The maximum atomic E-state index is 13.2. The third-order valence-electron chi connectivity index (χ3n) is 5.87. The van der Waals surface area contributed by atoms with Gasteiger partial charge in [-0.05, 0) is 11.6 Å². The lowest BCUT2D eigenvalue weighted by Crippen LogP contribution is -2.58. The summed E-state index contributed by atoms with van der Waals surface area (Å²) in [4.78, 5) is 71.5. The summed E-state index contributed by atoms with van der Waals surface area (Å²) in [6, 6.07) is 1.89. The number of carbonyl (C=O) groups excluding carboxylic acids is 3. The number of aromatic amines is 2. The van der Waals surface area contributed by atoms with E-state index in [0.717, 1.165) is 10.9 Å². The highest BCUT2D eigenvalue weighted by Crippen LogP contribution is 2.19. The maximum absolute atomic E-state index is 13.2. The fourth-order valence-electron chi connectivity index (χ4n) is 3.85. The van der Waals surface area contributed by atoms with Gasteiger partial charge in [-0.3, -0.25) is 19.2 Å². The number of hydrogen-bond acceptors (Lipinski definition) is 8. The van der Waals surface area contributed by atoms with Gasteiger partial charge >= 0.3 is 11.9 Å². The Bertz CT molecular complexity index is 1330. The highest BCUT2D eigenvalue weighted by atomic mass is 32.1. The predicted octanol–water partition coefficient (Wildman–Crippen LogP) is -1.05. The van der Waals surface area contributed by atoms with Gasteiger partial charge in [0, 0.05) is 47.6 Å². The number of rotatable bonds is 14. The summed E-state index contributed by atoms with van der Waals surface area (Å²) in [5.41, 5.74) is 7.89. The molecule has 0 bridgehead atoms. The smallest absolute Gasteiger partial charge is 0.327 e. The normalized spacial score (nSPS) is 14.1. The van der Waals surface area contributed by atoms with E-state index in [1.165, 1.54) is 12.5 Å². The Kier molecular flexibility index (Phi) is 10.1. The fraction of sp³-hybridized carbons (Fsp3) is 0.333. The number of amides is 3. The molecule has 4 atom stereocenters. The van der Waals surface area contributed by atoms with E-state index in [0.29, 0.717) is 11.3 Å². The Labute approximate surface area is 227 Å². The molecule has 1 aromatic carbocycles. The van der Waals surface area contributed by atoms with Gasteiger partial charge in [-0.15, -0.1) is 0 Å². The lowest BCUT2D eigenvalue weighted by Gasteiger charge is -2.24. The number of nitrogens with one attached hydrogen (secondary N) is 5. The molecule has 0 fully saturated rings. The monoisotopic (exact) mass is 559 g/mol. The number of aromatic nitrogens is 3. The summed E-state index contributed by atoms with van der Waals surface area (Å²) >= 11 is 3.95. The number of thiol groups is 1. The molecular weight excluding hydrogens is 530 g/mol. The van der Waals surface area contributed by atoms with Crippen LogP contribution in [0.5, 0.6) is 0 Å². The number of para-hydroxylation sites is 1. The molecule has 3 aromatic rings. The third kappa shape index (κ3) is 8.05. The highest BCUT2D eigenvalue weighted by molar-refractivity contribution is 7.80. The SMILES string of the molecule is NC(Cc1cnc[nH]1)C(=O)NC(CC(=O)O)C(=O)NC(Cc1c[nH]c2ccccc12)C(=O)NC(CS)C(=O)O. The largest absolute Gasteiger partial charge is 0.481 e. The Morgan fingerprint density at radius 3 is 2.23 bits per heavy atom. The van der Waals surface area contributed by atoms with Crippen molar-refractivity contribution in [3.63, 3.8) is 0 Å². The number of fused-ring (bicyclic) bond motifs is 1. The van der Waals surface area contributed by atoms with Gasteiger partial charge in [-0.1, -0.05) is 18.2 Å². The zero-order valence-electron chi connectivity index (χ0n) is 20.6. The molecule has 3 amide bonds. The molecule has 0 radical (unpaired) electrons. The van der Waals surface area contributed by atoms with E-state index in [4.69, 9.17) is 5.73 Å². The van der Waals surface area contributed by atoms with Crippen molar-refractivity contribution >= 4 is 53.2 Å². The summed E-state index contributed by atoms with van der Waals surface area (Å²) in [5.74, 6) is -5.48. The number of carbonyl (C=O) groups is 5. The second-order valence-electron chi connectivity index (χ2n) is 8.75. The Morgan fingerprint density at radius 2 is 1.59 bits per heavy atom. The van der Waals surface area contributed by atoms with Crippen LogP contribution in [0.1, 0.15) is 17.7 Å². The fourth-order valence-corrected chi connectivity index (χ4v) is 4.10. The average Bonchev–Trinajstić information content (AvgIpc) is 3.55. The van der Waals surface area contributed by atoms with Crippen LogP contribution in [-0.4, -0.2) is 84.7 Å². The lowest BCUT2D eigenvalue weighted by molar-refractivity contribution is -0.142. The second-order valence-corrected chi connectivity index (χ2v) is 9.12. The van der Waals surface area contributed by atoms with Gasteiger partial charge in [0.15, 0.2) is 0 Å². The van der Waals surface area contributed by atoms with E-state index in [9.17, 15) is 34.2 Å². The van der Waals surface area contributed by atoms with E-state index in [1.807, 2.05) is 12.1 Å². The number of hydrogen-bond donors (Lipinski definition) is 9. The second kappa shape index (κ2) is 13.4. The van der Waals surface area contributed by atoms with Crippen LogP contribution in [-0.2, 0) is 36.8 Å². The predicted molar refractivity (Wildman–Crippen MR) is 142 cm³/mol. The minimum Gasteiger partial charge on any atom is -0.481 e. The van der Waals surface area contributed by atoms with Crippen molar-refractivity contribution in [1.82, 2.24) is 30.9 Å². The van der Waals surface area contributed by atoms with E-state index in [-0.39, 0.29) is 18.6 Å². The number of H-pyrrole nitrogens is 2. The van der Waals surface area contributed by atoms with Gasteiger partial charge in [0.05, 0.1) is 18.8 Å². The topological polar surface area (TPSA) is 232 Å². The summed E-state index contributed by atoms with van der Waals surface area (Å²) in [7, 11) is 0. The number of nitrogens with two attached hydrogens (primary N) is 1. The lowest BCUT2D eigenvalue weighted by atomic mass is 10.0. The van der Waals surface area contributed by atoms with Crippen LogP contribution in [0.3, 0.4) is 0 Å². The Morgan fingerprint density at radius 1 is 0.923 bits per heavy atom. The molecule has 0 saturated carbocycles. The molecule has 0 aliphatic carbocycles. The van der Waals surface area contributed by atoms with Crippen molar-refractivity contribution in [1.29, 1.82) is 0 Å². The first-order chi connectivity index (χ1) is 18.6. The number of imidazole rings is 1. The zero-order chi connectivity index (χ0) is 28.5. The zero-order valence-corrected chi connectivity index (χ0v) is 21.5. The van der Waals surface area contributed by atoms with Gasteiger partial charge in [0.2, 0.25) is 17.7 Å². The van der Waals surface area contributed by atoms with Gasteiger partial charge in [-0.2, -0.15) is 12.6 Å². The molecular formula is C24H29N7O7S. The first-order valence-electron chi connectivity index (χ1n) is 11.8. The van der Waals surface area contributed by atoms with Gasteiger partial charge in [0.25, 0.3) is 0 Å². The molecule has 2 heterocycles. The van der Waals surface area contributed by atoms with Crippen molar-refractivity contribution in [3.05, 3.63) is 54.2 Å². The van der Waals surface area contributed by atoms with Crippen LogP contribution < -0.4 is 21.7 Å². The van der Waals surface area contributed by atoms with Crippen LogP contribution in [0, 0.1) is 0 Å². The van der Waals surface area contributed by atoms with Crippen molar-refractivity contribution in [2.75, 3.05) is 5.75 Å². The number of benzene rings is 1. The molecule has 0 aliphatic heterocycles. The summed E-state index contributed by atoms with van der Waals surface area (Å²) in [6.45, 7) is 0. The van der Waals surface area contributed by atoms with E-state index in [2.05, 4.69) is 43.5 Å². The van der Waals surface area contributed by atoms with Crippen LogP contribution >= 0.6 is 12.6 Å². The van der Waals surface area contributed by atoms with Crippen molar-refractivity contribution in [3.8, 4) is 0 Å². The summed E-state index contributed by atoms with van der Waals surface area (Å²) in [6.07, 6.45) is 3.73. The quantitative estimate of drug-likeness (QED) is 0.109. The van der Waals surface area contributed by atoms with Gasteiger partial charge < -0.3 is 41.9 Å². The average molecular weight is 560 g/mol. The molecule has 208 valence electrons. The number of carboxylic acids is 2. The van der Waals surface area contributed by atoms with Crippen molar-refractivity contribution < 1.29 is 34.2 Å². The van der Waals surface area contributed by atoms with Gasteiger partial charge in [0.1, 0.15) is 18.1 Å². The minimum absolute atomic E-state index is 0.0547. The molecule has 39 heavy (non-hydrogen) atoms. The van der Waals surface area contributed by atoms with Crippen LogP contribution in [0.15, 0.2) is 43.0 Å². The van der Waals surface area contributed by atoms with Crippen LogP contribution in [0.25, 0.3) is 10.9 Å².